The van der Waals surface area contributed by atoms with E-state index >= 15 is 0 Å². The Morgan fingerprint density at radius 3 is 2.43 bits per heavy atom. The topological polar surface area (TPSA) is 64.8 Å². The number of hydrogen-bond donors (Lipinski definition) is 0. The van der Waals surface area contributed by atoms with Crippen LogP contribution in [0.4, 0.5) is 0 Å². The van der Waals surface area contributed by atoms with E-state index in [9.17, 15) is 9.59 Å². The zero-order valence-corrected chi connectivity index (χ0v) is 12.6. The highest BCUT2D eigenvalue weighted by atomic mass is 16.2. The quantitative estimate of drug-likeness (QED) is 0.695. The molecule has 0 bridgehead atoms. The van der Waals surface area contributed by atoms with Crippen LogP contribution in [0.15, 0.2) is 67.3 Å². The Hall–Kier alpha value is -3.08. The van der Waals surface area contributed by atoms with E-state index in [1.165, 1.54) is 17.3 Å². The predicted molar refractivity (Wildman–Crippen MR) is 85.4 cm³/mol. The molecule has 0 saturated heterocycles. The summed E-state index contributed by atoms with van der Waals surface area (Å²) in [6.45, 7) is 1.79. The number of benzene rings is 2. The maximum absolute atomic E-state index is 12.5. The summed E-state index contributed by atoms with van der Waals surface area (Å²) in [5, 5.41) is 3.86. The van der Waals surface area contributed by atoms with Crippen molar-refractivity contribution in [3.8, 4) is 0 Å². The number of carbonyl (C=O) groups is 2. The summed E-state index contributed by atoms with van der Waals surface area (Å²) in [4.78, 5) is 28.6. The van der Waals surface area contributed by atoms with Gasteiger partial charge < -0.3 is 0 Å². The molecule has 5 nitrogen and oxygen atoms in total. The van der Waals surface area contributed by atoms with Gasteiger partial charge in [-0.05, 0) is 18.6 Å². The standard InChI is InChI=1S/C18H15N3O2/c1-13(18(23)21-12-19-11-20-21)15-8-5-9-16(10-15)17(22)14-6-3-2-4-7-14/h2-13H,1H3. The molecule has 0 aliphatic heterocycles. The average molecular weight is 305 g/mol. The smallest absolute Gasteiger partial charge is 0.255 e. The molecule has 1 unspecified atom stereocenters. The number of carbonyl (C=O) groups excluding carboxylic acids is 2. The molecule has 0 radical (unpaired) electrons. The highest BCUT2D eigenvalue weighted by Crippen LogP contribution is 2.20. The summed E-state index contributed by atoms with van der Waals surface area (Å²) in [6.07, 6.45) is 2.69. The molecule has 1 heterocycles. The second-order valence-electron chi connectivity index (χ2n) is 5.22. The lowest BCUT2D eigenvalue weighted by atomic mass is 9.95. The van der Waals surface area contributed by atoms with E-state index in [4.69, 9.17) is 0 Å². The van der Waals surface area contributed by atoms with Crippen LogP contribution < -0.4 is 0 Å². The molecule has 1 aromatic heterocycles. The minimum absolute atomic E-state index is 0.0622. The molecule has 0 saturated carbocycles. The van der Waals surface area contributed by atoms with Gasteiger partial charge in [0.1, 0.15) is 12.7 Å². The SMILES string of the molecule is CC(C(=O)n1cncn1)c1cccc(C(=O)c2ccccc2)c1. The highest BCUT2D eigenvalue weighted by molar-refractivity contribution is 6.09. The first-order valence-corrected chi connectivity index (χ1v) is 7.25. The van der Waals surface area contributed by atoms with Crippen LogP contribution in [-0.4, -0.2) is 26.5 Å². The molecule has 0 fully saturated rings. The molecular formula is C18H15N3O2. The fourth-order valence-electron chi connectivity index (χ4n) is 2.37. The number of rotatable bonds is 4. The fourth-order valence-corrected chi connectivity index (χ4v) is 2.37. The highest BCUT2D eigenvalue weighted by Gasteiger charge is 2.19. The van der Waals surface area contributed by atoms with Crippen LogP contribution in [0.3, 0.4) is 0 Å². The van der Waals surface area contributed by atoms with Gasteiger partial charge in [-0.15, -0.1) is 0 Å². The average Bonchev–Trinajstić information content (AvgIpc) is 3.15. The summed E-state index contributed by atoms with van der Waals surface area (Å²) in [7, 11) is 0. The van der Waals surface area contributed by atoms with Gasteiger partial charge in [0.15, 0.2) is 5.78 Å². The van der Waals surface area contributed by atoms with E-state index in [1.807, 2.05) is 24.3 Å². The van der Waals surface area contributed by atoms with Gasteiger partial charge in [0.2, 0.25) is 0 Å². The maximum atomic E-state index is 12.5. The molecule has 5 heteroatoms. The molecule has 0 aliphatic carbocycles. The summed E-state index contributed by atoms with van der Waals surface area (Å²) in [5.74, 6) is -0.667. The van der Waals surface area contributed by atoms with E-state index in [1.54, 1.807) is 37.3 Å². The molecule has 0 N–H and O–H groups in total. The molecule has 2 aromatic carbocycles. The Kier molecular flexibility index (Phi) is 4.10. The maximum Gasteiger partial charge on any atom is 0.255 e. The van der Waals surface area contributed by atoms with E-state index in [-0.39, 0.29) is 11.7 Å². The number of nitrogens with zero attached hydrogens (tertiary/aromatic N) is 3. The second-order valence-corrected chi connectivity index (χ2v) is 5.22. The van der Waals surface area contributed by atoms with Crippen molar-refractivity contribution in [1.82, 2.24) is 14.8 Å². The monoisotopic (exact) mass is 305 g/mol. The fraction of sp³-hybridized carbons (Fsp3) is 0.111. The Bertz CT molecular complexity index is 826. The lowest BCUT2D eigenvalue weighted by Gasteiger charge is -2.11. The number of hydrogen-bond acceptors (Lipinski definition) is 4. The van der Waals surface area contributed by atoms with Crippen LogP contribution in [-0.2, 0) is 0 Å². The minimum atomic E-state index is -0.416. The largest absolute Gasteiger partial charge is 0.289 e. The van der Waals surface area contributed by atoms with Crippen molar-refractivity contribution < 1.29 is 9.59 Å². The predicted octanol–water partition coefficient (Wildman–Crippen LogP) is 2.95. The lowest BCUT2D eigenvalue weighted by Crippen LogP contribution is -2.18. The summed E-state index contributed by atoms with van der Waals surface area (Å²) >= 11 is 0. The molecule has 0 aliphatic rings. The molecule has 23 heavy (non-hydrogen) atoms. The van der Waals surface area contributed by atoms with Crippen molar-refractivity contribution in [2.75, 3.05) is 0 Å². The molecule has 1 atom stereocenters. The van der Waals surface area contributed by atoms with Crippen LogP contribution in [0.25, 0.3) is 0 Å². The van der Waals surface area contributed by atoms with Crippen molar-refractivity contribution in [1.29, 1.82) is 0 Å². The summed E-state index contributed by atoms with van der Waals surface area (Å²) in [5.41, 5.74) is 1.96. The van der Waals surface area contributed by atoms with Gasteiger partial charge in [-0.25, -0.2) is 4.98 Å². The van der Waals surface area contributed by atoms with Crippen LogP contribution in [0.1, 0.15) is 39.1 Å². The summed E-state index contributed by atoms with van der Waals surface area (Å²) in [6, 6.07) is 16.2. The third-order valence-corrected chi connectivity index (χ3v) is 3.70. The third-order valence-electron chi connectivity index (χ3n) is 3.70. The van der Waals surface area contributed by atoms with Gasteiger partial charge >= 0.3 is 0 Å². The van der Waals surface area contributed by atoms with Crippen LogP contribution in [0.5, 0.6) is 0 Å². The normalized spacial score (nSPS) is 11.9. The zero-order valence-electron chi connectivity index (χ0n) is 12.6. The first kappa shape index (κ1) is 14.8. The van der Waals surface area contributed by atoms with Crippen molar-refractivity contribution in [2.24, 2.45) is 0 Å². The van der Waals surface area contributed by atoms with E-state index in [2.05, 4.69) is 10.1 Å². The zero-order chi connectivity index (χ0) is 16.2. The molecule has 3 rings (SSSR count). The molecular weight excluding hydrogens is 290 g/mol. The van der Waals surface area contributed by atoms with Gasteiger partial charge in [0, 0.05) is 11.1 Å². The Morgan fingerprint density at radius 1 is 1.00 bits per heavy atom. The first-order chi connectivity index (χ1) is 11.2. The van der Waals surface area contributed by atoms with E-state index < -0.39 is 5.92 Å². The van der Waals surface area contributed by atoms with Gasteiger partial charge in [-0.1, -0.05) is 48.5 Å². The van der Waals surface area contributed by atoms with E-state index in [0.717, 1.165) is 5.56 Å². The third kappa shape index (κ3) is 3.08. The van der Waals surface area contributed by atoms with Gasteiger partial charge in [-0.2, -0.15) is 9.78 Å². The molecule has 3 aromatic rings. The number of ketones is 1. The Morgan fingerprint density at radius 2 is 1.74 bits per heavy atom. The first-order valence-electron chi connectivity index (χ1n) is 7.25. The van der Waals surface area contributed by atoms with Gasteiger partial charge in [0.25, 0.3) is 5.91 Å². The van der Waals surface area contributed by atoms with Crippen molar-refractivity contribution in [3.05, 3.63) is 83.9 Å². The van der Waals surface area contributed by atoms with Crippen LogP contribution in [0, 0.1) is 0 Å². The van der Waals surface area contributed by atoms with Gasteiger partial charge in [0.05, 0.1) is 5.92 Å². The second kappa shape index (κ2) is 6.36. The summed E-state index contributed by atoms with van der Waals surface area (Å²) < 4.78 is 1.20. The van der Waals surface area contributed by atoms with Crippen LogP contribution in [0.2, 0.25) is 0 Å². The lowest BCUT2D eigenvalue weighted by molar-refractivity contribution is 0.0867. The van der Waals surface area contributed by atoms with Crippen molar-refractivity contribution in [2.45, 2.75) is 12.8 Å². The molecule has 114 valence electrons. The Balaban J connectivity index is 1.88. The van der Waals surface area contributed by atoms with E-state index in [0.29, 0.717) is 11.1 Å². The van der Waals surface area contributed by atoms with Crippen molar-refractivity contribution in [3.63, 3.8) is 0 Å². The van der Waals surface area contributed by atoms with Gasteiger partial charge in [-0.3, -0.25) is 9.59 Å². The number of aromatic nitrogens is 3. The van der Waals surface area contributed by atoms with Crippen LogP contribution >= 0.6 is 0 Å². The Labute approximate surface area is 133 Å². The minimum Gasteiger partial charge on any atom is -0.289 e. The molecule has 0 amide bonds. The molecule has 0 spiro atoms. The van der Waals surface area contributed by atoms with Crippen molar-refractivity contribution >= 4 is 11.7 Å².